The molecule has 0 unspecified atom stereocenters. The number of rotatable bonds is 6. The number of urea groups is 1. The monoisotopic (exact) mass is 351 g/mol. The molecule has 4 nitrogen and oxygen atoms in total. The van der Waals surface area contributed by atoms with E-state index in [1.54, 1.807) is 0 Å². The van der Waals surface area contributed by atoms with Crippen molar-refractivity contribution in [2.75, 3.05) is 37.6 Å². The Labute approximate surface area is 156 Å². The molecule has 3 rings (SSSR count). The number of anilines is 1. The van der Waals surface area contributed by atoms with E-state index in [4.69, 9.17) is 0 Å². The highest BCUT2D eigenvalue weighted by molar-refractivity contribution is 5.74. The van der Waals surface area contributed by atoms with Crippen LogP contribution in [0.25, 0.3) is 0 Å². The molecule has 0 atom stereocenters. The molecule has 4 heteroatoms. The van der Waals surface area contributed by atoms with Gasteiger partial charge in [0.15, 0.2) is 0 Å². The fourth-order valence-corrected chi connectivity index (χ4v) is 3.35. The second-order valence-electron chi connectivity index (χ2n) is 6.82. The van der Waals surface area contributed by atoms with Crippen LogP contribution in [0.2, 0.25) is 0 Å². The van der Waals surface area contributed by atoms with Crippen LogP contribution in [-0.2, 0) is 12.8 Å². The van der Waals surface area contributed by atoms with Gasteiger partial charge in [0.05, 0.1) is 0 Å². The maximum absolute atomic E-state index is 12.3. The zero-order valence-corrected chi connectivity index (χ0v) is 15.7. The van der Waals surface area contributed by atoms with Gasteiger partial charge in [0.2, 0.25) is 0 Å². The van der Waals surface area contributed by atoms with Gasteiger partial charge >= 0.3 is 6.03 Å². The molecule has 0 saturated carbocycles. The predicted octanol–water partition coefficient (Wildman–Crippen LogP) is 3.71. The molecule has 1 saturated heterocycles. The van der Waals surface area contributed by atoms with Crippen molar-refractivity contribution in [1.29, 1.82) is 0 Å². The van der Waals surface area contributed by atoms with Crippen molar-refractivity contribution in [3.8, 4) is 0 Å². The standard InChI is InChI=1S/C22H29N3O/c1-2-19-10-12-21(13-11-19)24-15-17-25(18-16-24)22(26)23-14-6-9-20-7-4-3-5-8-20/h3-5,7-8,10-13H,2,6,9,14-18H2,1H3,(H,23,26). The van der Waals surface area contributed by atoms with E-state index in [0.29, 0.717) is 0 Å². The molecule has 2 aromatic rings. The van der Waals surface area contributed by atoms with Gasteiger partial charge in [-0.25, -0.2) is 4.79 Å². The van der Waals surface area contributed by atoms with Gasteiger partial charge in [0.1, 0.15) is 0 Å². The van der Waals surface area contributed by atoms with Crippen LogP contribution in [0.1, 0.15) is 24.5 Å². The van der Waals surface area contributed by atoms with E-state index in [0.717, 1.165) is 52.0 Å². The number of hydrogen-bond acceptors (Lipinski definition) is 2. The number of benzene rings is 2. The highest BCUT2D eigenvalue weighted by Crippen LogP contribution is 2.17. The summed E-state index contributed by atoms with van der Waals surface area (Å²) in [6, 6.07) is 19.3. The molecular formula is C22H29N3O. The van der Waals surface area contributed by atoms with Gasteiger partial charge in [-0.3, -0.25) is 0 Å². The molecule has 1 fully saturated rings. The molecule has 1 aliphatic heterocycles. The Morgan fingerprint density at radius 2 is 1.62 bits per heavy atom. The lowest BCUT2D eigenvalue weighted by atomic mass is 10.1. The number of carbonyl (C=O) groups is 1. The highest BCUT2D eigenvalue weighted by atomic mass is 16.2. The molecule has 1 N–H and O–H groups in total. The number of piperazine rings is 1. The van der Waals surface area contributed by atoms with Gasteiger partial charge in [0.25, 0.3) is 0 Å². The second-order valence-corrected chi connectivity index (χ2v) is 6.82. The summed E-state index contributed by atoms with van der Waals surface area (Å²) >= 11 is 0. The van der Waals surface area contributed by atoms with Crippen molar-refractivity contribution >= 4 is 11.7 Å². The molecular weight excluding hydrogens is 322 g/mol. The molecule has 2 amide bonds. The Balaban J connectivity index is 1.37. The number of amides is 2. The summed E-state index contributed by atoms with van der Waals surface area (Å²) in [4.78, 5) is 16.6. The third-order valence-electron chi connectivity index (χ3n) is 5.04. The van der Waals surface area contributed by atoms with Crippen molar-refractivity contribution in [1.82, 2.24) is 10.2 Å². The highest BCUT2D eigenvalue weighted by Gasteiger charge is 2.20. The van der Waals surface area contributed by atoms with Crippen molar-refractivity contribution in [2.45, 2.75) is 26.2 Å². The maximum Gasteiger partial charge on any atom is 0.317 e. The summed E-state index contributed by atoms with van der Waals surface area (Å²) in [5.41, 5.74) is 3.94. The SMILES string of the molecule is CCc1ccc(N2CCN(C(=O)NCCCc3ccccc3)CC2)cc1. The number of nitrogens with one attached hydrogen (secondary N) is 1. The summed E-state index contributed by atoms with van der Waals surface area (Å²) in [5, 5.41) is 3.06. The molecule has 0 radical (unpaired) electrons. The smallest absolute Gasteiger partial charge is 0.317 e. The van der Waals surface area contributed by atoms with E-state index in [2.05, 4.69) is 65.7 Å². The minimum absolute atomic E-state index is 0.0686. The van der Waals surface area contributed by atoms with Crippen molar-refractivity contribution < 1.29 is 4.79 Å². The molecule has 0 aromatic heterocycles. The zero-order valence-electron chi connectivity index (χ0n) is 15.7. The predicted molar refractivity (Wildman–Crippen MR) is 108 cm³/mol. The van der Waals surface area contributed by atoms with E-state index in [-0.39, 0.29) is 6.03 Å². The summed E-state index contributed by atoms with van der Waals surface area (Å²) in [7, 11) is 0. The van der Waals surface area contributed by atoms with Crippen LogP contribution in [-0.4, -0.2) is 43.7 Å². The lowest BCUT2D eigenvalue weighted by molar-refractivity contribution is 0.194. The first kappa shape index (κ1) is 18.3. The fourth-order valence-electron chi connectivity index (χ4n) is 3.35. The first-order valence-corrected chi connectivity index (χ1v) is 9.67. The lowest BCUT2D eigenvalue weighted by Gasteiger charge is -2.36. The van der Waals surface area contributed by atoms with E-state index in [9.17, 15) is 4.79 Å². The first-order valence-electron chi connectivity index (χ1n) is 9.67. The van der Waals surface area contributed by atoms with Crippen LogP contribution in [0.3, 0.4) is 0 Å². The normalized spacial score (nSPS) is 14.3. The first-order chi connectivity index (χ1) is 12.8. The summed E-state index contributed by atoms with van der Waals surface area (Å²) in [6.07, 6.45) is 3.04. The minimum atomic E-state index is 0.0686. The molecule has 138 valence electrons. The average Bonchev–Trinajstić information content (AvgIpc) is 2.72. The number of nitrogens with zero attached hydrogens (tertiary/aromatic N) is 2. The van der Waals surface area contributed by atoms with Crippen LogP contribution in [0.5, 0.6) is 0 Å². The molecule has 1 heterocycles. The van der Waals surface area contributed by atoms with Gasteiger partial charge in [-0.15, -0.1) is 0 Å². The molecule has 26 heavy (non-hydrogen) atoms. The van der Waals surface area contributed by atoms with Crippen LogP contribution < -0.4 is 10.2 Å². The van der Waals surface area contributed by atoms with Crippen LogP contribution in [0.15, 0.2) is 54.6 Å². The van der Waals surface area contributed by atoms with E-state index < -0.39 is 0 Å². The second kappa shape index (κ2) is 9.27. The Morgan fingerprint density at radius 3 is 2.27 bits per heavy atom. The van der Waals surface area contributed by atoms with Crippen LogP contribution in [0.4, 0.5) is 10.5 Å². The molecule has 0 aliphatic carbocycles. The number of hydrogen-bond donors (Lipinski definition) is 1. The Bertz CT molecular complexity index is 676. The summed E-state index contributed by atoms with van der Waals surface area (Å²) in [6.45, 7) is 6.24. The topological polar surface area (TPSA) is 35.6 Å². The number of aryl methyl sites for hydroxylation is 2. The Hall–Kier alpha value is -2.49. The van der Waals surface area contributed by atoms with Crippen molar-refractivity contribution in [3.05, 3.63) is 65.7 Å². The third-order valence-corrected chi connectivity index (χ3v) is 5.04. The van der Waals surface area contributed by atoms with Crippen LogP contribution >= 0.6 is 0 Å². The summed E-state index contributed by atoms with van der Waals surface area (Å²) in [5.74, 6) is 0. The van der Waals surface area contributed by atoms with Gasteiger partial charge in [-0.1, -0.05) is 49.4 Å². The van der Waals surface area contributed by atoms with Crippen molar-refractivity contribution in [2.24, 2.45) is 0 Å². The molecule has 1 aliphatic rings. The fraction of sp³-hybridized carbons (Fsp3) is 0.409. The summed E-state index contributed by atoms with van der Waals surface area (Å²) < 4.78 is 0. The van der Waals surface area contributed by atoms with Gasteiger partial charge in [0, 0.05) is 38.4 Å². The molecule has 0 bridgehead atoms. The largest absolute Gasteiger partial charge is 0.368 e. The van der Waals surface area contributed by atoms with E-state index in [1.165, 1.54) is 16.8 Å². The molecule has 2 aromatic carbocycles. The Kier molecular flexibility index (Phi) is 6.53. The minimum Gasteiger partial charge on any atom is -0.368 e. The third kappa shape index (κ3) is 5.01. The van der Waals surface area contributed by atoms with Crippen LogP contribution in [0, 0.1) is 0 Å². The Morgan fingerprint density at radius 1 is 0.923 bits per heavy atom. The number of carbonyl (C=O) groups excluding carboxylic acids is 1. The maximum atomic E-state index is 12.3. The van der Waals surface area contributed by atoms with Gasteiger partial charge < -0.3 is 15.1 Å². The average molecular weight is 351 g/mol. The zero-order chi connectivity index (χ0) is 18.2. The van der Waals surface area contributed by atoms with E-state index in [1.807, 2.05) is 11.0 Å². The van der Waals surface area contributed by atoms with E-state index >= 15 is 0 Å². The quantitative estimate of drug-likeness (QED) is 0.805. The molecule has 0 spiro atoms. The lowest BCUT2D eigenvalue weighted by Crippen LogP contribution is -2.52. The van der Waals surface area contributed by atoms with Crippen molar-refractivity contribution in [3.63, 3.8) is 0 Å². The van der Waals surface area contributed by atoms with Gasteiger partial charge in [-0.2, -0.15) is 0 Å². The van der Waals surface area contributed by atoms with Gasteiger partial charge in [-0.05, 0) is 42.5 Å².